The molecular formula is C14H9BrFNO4. The number of Topliss-reactive ketones (excluding diaryl/α,β-unsaturated/α-hetero) is 1. The van der Waals surface area contributed by atoms with Gasteiger partial charge < -0.3 is 4.74 Å². The number of benzene rings is 2. The van der Waals surface area contributed by atoms with E-state index in [1.807, 2.05) is 0 Å². The lowest BCUT2D eigenvalue weighted by atomic mass is 10.1. The first kappa shape index (κ1) is 15.1. The predicted octanol–water partition coefficient (Wildman–Crippen LogP) is 4.49. The molecule has 0 saturated carbocycles. The molecule has 21 heavy (non-hydrogen) atoms. The van der Waals surface area contributed by atoms with Crippen molar-refractivity contribution in [3.8, 4) is 11.5 Å². The number of ether oxygens (including phenoxy) is 1. The molecule has 0 aliphatic carbocycles. The van der Waals surface area contributed by atoms with Gasteiger partial charge >= 0.3 is 0 Å². The monoisotopic (exact) mass is 353 g/mol. The van der Waals surface area contributed by atoms with Crippen LogP contribution in [-0.2, 0) is 0 Å². The van der Waals surface area contributed by atoms with Crippen LogP contribution in [-0.4, -0.2) is 10.7 Å². The highest BCUT2D eigenvalue weighted by atomic mass is 79.9. The van der Waals surface area contributed by atoms with Crippen molar-refractivity contribution in [3.05, 3.63) is 62.4 Å². The molecule has 5 nitrogen and oxygen atoms in total. The molecule has 0 radical (unpaired) electrons. The van der Waals surface area contributed by atoms with E-state index in [0.29, 0.717) is 4.47 Å². The first-order chi connectivity index (χ1) is 9.88. The Hall–Kier alpha value is -2.28. The van der Waals surface area contributed by atoms with E-state index in [1.165, 1.54) is 37.3 Å². The maximum atomic E-state index is 13.7. The van der Waals surface area contributed by atoms with Crippen molar-refractivity contribution in [2.45, 2.75) is 6.92 Å². The third kappa shape index (κ3) is 3.43. The lowest BCUT2D eigenvalue weighted by Gasteiger charge is -2.10. The van der Waals surface area contributed by atoms with Gasteiger partial charge in [0.25, 0.3) is 5.69 Å². The SMILES string of the molecule is CC(=O)c1c(F)cccc1Oc1cc(Br)cc([N+](=O)[O-])c1. The van der Waals surface area contributed by atoms with Crippen molar-refractivity contribution < 1.29 is 18.8 Å². The van der Waals surface area contributed by atoms with E-state index in [1.54, 1.807) is 0 Å². The summed E-state index contributed by atoms with van der Waals surface area (Å²) in [6.45, 7) is 1.22. The fourth-order valence-electron chi connectivity index (χ4n) is 1.77. The van der Waals surface area contributed by atoms with E-state index >= 15 is 0 Å². The van der Waals surface area contributed by atoms with E-state index in [-0.39, 0.29) is 22.7 Å². The topological polar surface area (TPSA) is 69.4 Å². The van der Waals surface area contributed by atoms with Crippen LogP contribution in [0, 0.1) is 15.9 Å². The summed E-state index contributed by atoms with van der Waals surface area (Å²) in [5.41, 5.74) is -0.375. The summed E-state index contributed by atoms with van der Waals surface area (Å²) in [5, 5.41) is 10.8. The van der Waals surface area contributed by atoms with Crippen molar-refractivity contribution in [1.82, 2.24) is 0 Å². The number of carbonyl (C=O) groups excluding carboxylic acids is 1. The summed E-state index contributed by atoms with van der Waals surface area (Å²) < 4.78 is 19.5. The minimum atomic E-state index is -0.704. The number of hydrogen-bond donors (Lipinski definition) is 0. The number of nitrogens with zero attached hydrogens (tertiary/aromatic N) is 1. The third-order valence-electron chi connectivity index (χ3n) is 2.62. The number of rotatable bonds is 4. The van der Waals surface area contributed by atoms with Gasteiger partial charge in [-0.25, -0.2) is 4.39 Å². The molecule has 0 spiro atoms. The molecule has 108 valence electrons. The van der Waals surface area contributed by atoms with Crippen LogP contribution < -0.4 is 4.74 Å². The molecule has 0 aliphatic heterocycles. The fourth-order valence-corrected chi connectivity index (χ4v) is 2.23. The lowest BCUT2D eigenvalue weighted by Crippen LogP contribution is -2.01. The average Bonchev–Trinajstić information content (AvgIpc) is 2.37. The van der Waals surface area contributed by atoms with Crippen molar-refractivity contribution in [3.63, 3.8) is 0 Å². The zero-order valence-electron chi connectivity index (χ0n) is 10.8. The minimum Gasteiger partial charge on any atom is -0.456 e. The van der Waals surface area contributed by atoms with Gasteiger partial charge in [-0.3, -0.25) is 14.9 Å². The molecule has 7 heteroatoms. The molecule has 0 saturated heterocycles. The molecule has 2 aromatic carbocycles. The molecule has 0 unspecified atom stereocenters. The van der Waals surface area contributed by atoms with Gasteiger partial charge in [0, 0.05) is 10.5 Å². The third-order valence-corrected chi connectivity index (χ3v) is 3.08. The van der Waals surface area contributed by atoms with Crippen LogP contribution in [0.1, 0.15) is 17.3 Å². The zero-order valence-corrected chi connectivity index (χ0v) is 12.4. The second kappa shape index (κ2) is 6.01. The van der Waals surface area contributed by atoms with Crippen LogP contribution in [0.3, 0.4) is 0 Å². The number of hydrogen-bond acceptors (Lipinski definition) is 4. The fraction of sp³-hybridized carbons (Fsp3) is 0.0714. The number of nitro groups is 1. The van der Waals surface area contributed by atoms with Crippen molar-refractivity contribution in [2.24, 2.45) is 0 Å². The molecule has 0 aliphatic rings. The average molecular weight is 354 g/mol. The quantitative estimate of drug-likeness (QED) is 0.461. The first-order valence-corrected chi connectivity index (χ1v) is 6.60. The highest BCUT2D eigenvalue weighted by molar-refractivity contribution is 9.10. The molecule has 0 heterocycles. The Labute approximate surface area is 127 Å². The van der Waals surface area contributed by atoms with Crippen LogP contribution in [0.4, 0.5) is 10.1 Å². The van der Waals surface area contributed by atoms with Crippen molar-refractivity contribution in [1.29, 1.82) is 0 Å². The van der Waals surface area contributed by atoms with Crippen molar-refractivity contribution >= 4 is 27.4 Å². The van der Waals surface area contributed by atoms with Gasteiger partial charge in [-0.15, -0.1) is 0 Å². The Morgan fingerprint density at radius 2 is 2.05 bits per heavy atom. The highest BCUT2D eigenvalue weighted by Gasteiger charge is 2.16. The second-order valence-corrected chi connectivity index (χ2v) is 5.09. The standard InChI is InChI=1S/C14H9BrFNO4/c1-8(18)14-12(16)3-2-4-13(14)21-11-6-9(15)5-10(7-11)17(19)20/h2-7H,1H3. The Morgan fingerprint density at radius 3 is 2.67 bits per heavy atom. The van der Waals surface area contributed by atoms with Gasteiger partial charge in [-0.1, -0.05) is 22.0 Å². The lowest BCUT2D eigenvalue weighted by molar-refractivity contribution is -0.385. The largest absolute Gasteiger partial charge is 0.456 e. The summed E-state index contributed by atoms with van der Waals surface area (Å²) in [4.78, 5) is 21.7. The van der Waals surface area contributed by atoms with Crippen LogP contribution in [0.25, 0.3) is 0 Å². The Morgan fingerprint density at radius 1 is 1.33 bits per heavy atom. The zero-order chi connectivity index (χ0) is 15.6. The van der Waals surface area contributed by atoms with E-state index < -0.39 is 16.5 Å². The summed E-state index contributed by atoms with van der Waals surface area (Å²) in [5.74, 6) is -1.06. The number of carbonyl (C=O) groups is 1. The van der Waals surface area contributed by atoms with Gasteiger partial charge in [-0.05, 0) is 25.1 Å². The molecule has 2 rings (SSSR count). The maximum absolute atomic E-state index is 13.7. The molecule has 0 aromatic heterocycles. The first-order valence-electron chi connectivity index (χ1n) is 5.81. The summed E-state index contributed by atoms with van der Waals surface area (Å²) in [7, 11) is 0. The molecular weight excluding hydrogens is 345 g/mol. The second-order valence-electron chi connectivity index (χ2n) is 4.17. The predicted molar refractivity (Wildman–Crippen MR) is 77.3 cm³/mol. The van der Waals surface area contributed by atoms with E-state index in [0.717, 1.165) is 6.07 Å². The minimum absolute atomic E-state index is 0.00916. The van der Waals surface area contributed by atoms with E-state index in [4.69, 9.17) is 4.74 Å². The smallest absolute Gasteiger partial charge is 0.274 e. The maximum Gasteiger partial charge on any atom is 0.274 e. The van der Waals surface area contributed by atoms with Gasteiger partial charge in [-0.2, -0.15) is 0 Å². The molecule has 0 bridgehead atoms. The van der Waals surface area contributed by atoms with Crippen LogP contribution >= 0.6 is 15.9 Å². The number of ketones is 1. The van der Waals surface area contributed by atoms with E-state index in [2.05, 4.69) is 15.9 Å². The van der Waals surface area contributed by atoms with Gasteiger partial charge in [0.1, 0.15) is 17.3 Å². The summed E-state index contributed by atoms with van der Waals surface area (Å²) in [6.07, 6.45) is 0. The number of non-ortho nitro benzene ring substituents is 1. The number of halogens is 2. The summed E-state index contributed by atoms with van der Waals surface area (Å²) >= 11 is 3.13. The highest BCUT2D eigenvalue weighted by Crippen LogP contribution is 2.32. The Bertz CT molecular complexity index is 733. The molecule has 2 aromatic rings. The summed E-state index contributed by atoms with van der Waals surface area (Å²) in [6, 6.07) is 7.95. The molecule has 0 fully saturated rings. The van der Waals surface area contributed by atoms with Crippen LogP contribution in [0.5, 0.6) is 11.5 Å². The van der Waals surface area contributed by atoms with Gasteiger partial charge in [0.05, 0.1) is 16.6 Å². The van der Waals surface area contributed by atoms with Crippen molar-refractivity contribution in [2.75, 3.05) is 0 Å². The Kier molecular flexibility index (Phi) is 4.32. The molecule has 0 amide bonds. The molecule has 0 atom stereocenters. The van der Waals surface area contributed by atoms with Crippen LogP contribution in [0.2, 0.25) is 0 Å². The van der Waals surface area contributed by atoms with Gasteiger partial charge in [0.15, 0.2) is 5.78 Å². The van der Waals surface area contributed by atoms with E-state index in [9.17, 15) is 19.3 Å². The number of nitro benzene ring substituents is 1. The Balaban J connectivity index is 2.46. The molecule has 0 N–H and O–H groups in total. The van der Waals surface area contributed by atoms with Gasteiger partial charge in [0.2, 0.25) is 0 Å². The van der Waals surface area contributed by atoms with Crippen LogP contribution in [0.15, 0.2) is 40.9 Å². The normalized spacial score (nSPS) is 10.2.